The van der Waals surface area contributed by atoms with E-state index in [0.717, 1.165) is 6.54 Å². The van der Waals surface area contributed by atoms with E-state index in [9.17, 15) is 0 Å². The number of thiophene rings is 1. The van der Waals surface area contributed by atoms with Crippen LogP contribution in [0.5, 0.6) is 0 Å². The van der Waals surface area contributed by atoms with Gasteiger partial charge in [0, 0.05) is 28.5 Å². The van der Waals surface area contributed by atoms with Gasteiger partial charge in [0.05, 0.1) is 0 Å². The van der Waals surface area contributed by atoms with Crippen molar-refractivity contribution in [3.8, 4) is 0 Å². The highest BCUT2D eigenvalue weighted by atomic mass is 79.9. The molecule has 1 saturated heterocycles. The number of hydrogen-bond donors (Lipinski definition) is 1. The second kappa shape index (κ2) is 7.63. The zero-order valence-corrected chi connectivity index (χ0v) is 13.5. The van der Waals surface area contributed by atoms with Crippen LogP contribution in [0.15, 0.2) is 15.9 Å². The molecule has 1 aromatic rings. The molecule has 0 spiro atoms. The number of rotatable bonds is 7. The van der Waals surface area contributed by atoms with Crippen LogP contribution < -0.4 is 5.32 Å². The number of nitrogens with one attached hydrogen (secondary N) is 1. The van der Waals surface area contributed by atoms with Crippen LogP contribution >= 0.6 is 27.3 Å². The smallest absolute Gasteiger partial charge is 0.0339 e. The molecule has 2 rings (SSSR count). The van der Waals surface area contributed by atoms with Crippen molar-refractivity contribution < 1.29 is 0 Å². The van der Waals surface area contributed by atoms with E-state index in [1.807, 2.05) is 11.3 Å². The molecule has 2 nitrogen and oxygen atoms in total. The molecule has 0 amide bonds. The molecule has 1 aromatic heterocycles. The van der Waals surface area contributed by atoms with Crippen LogP contribution in [0.4, 0.5) is 0 Å². The van der Waals surface area contributed by atoms with Crippen molar-refractivity contribution in [3.05, 3.63) is 20.8 Å². The minimum absolute atomic E-state index is 0.709. The molecule has 2 heterocycles. The Morgan fingerprint density at radius 2 is 2.44 bits per heavy atom. The Morgan fingerprint density at radius 3 is 3.06 bits per heavy atom. The third-order valence-corrected chi connectivity index (χ3v) is 5.44. The van der Waals surface area contributed by atoms with E-state index >= 15 is 0 Å². The van der Waals surface area contributed by atoms with Crippen molar-refractivity contribution in [3.63, 3.8) is 0 Å². The predicted octanol–water partition coefficient (Wildman–Crippen LogP) is 3.86. The van der Waals surface area contributed by atoms with Gasteiger partial charge in [-0.05, 0) is 59.7 Å². The van der Waals surface area contributed by atoms with Gasteiger partial charge in [-0.15, -0.1) is 11.3 Å². The van der Waals surface area contributed by atoms with Crippen molar-refractivity contribution in [2.24, 2.45) is 0 Å². The zero-order valence-electron chi connectivity index (χ0n) is 11.1. The molecule has 0 radical (unpaired) electrons. The molecular weight excluding hydrogens is 308 g/mol. The van der Waals surface area contributed by atoms with Gasteiger partial charge >= 0.3 is 0 Å². The summed E-state index contributed by atoms with van der Waals surface area (Å²) in [6.07, 6.45) is 5.26. The van der Waals surface area contributed by atoms with Gasteiger partial charge in [0.2, 0.25) is 0 Å². The first-order valence-electron chi connectivity index (χ1n) is 6.97. The monoisotopic (exact) mass is 330 g/mol. The lowest BCUT2D eigenvalue weighted by Gasteiger charge is -2.25. The van der Waals surface area contributed by atoms with Crippen molar-refractivity contribution >= 4 is 27.3 Å². The number of nitrogens with zero attached hydrogens (tertiary/aromatic N) is 1. The Kier molecular flexibility index (Phi) is 6.15. The largest absolute Gasteiger partial charge is 0.313 e. The predicted molar refractivity (Wildman–Crippen MR) is 83.2 cm³/mol. The Bertz CT molecular complexity index is 347. The first-order valence-corrected chi connectivity index (χ1v) is 8.64. The Labute approximate surface area is 123 Å². The summed E-state index contributed by atoms with van der Waals surface area (Å²) in [4.78, 5) is 4.08. The highest BCUT2D eigenvalue weighted by molar-refractivity contribution is 9.10. The lowest BCUT2D eigenvalue weighted by molar-refractivity contribution is 0.239. The molecule has 18 heavy (non-hydrogen) atoms. The van der Waals surface area contributed by atoms with E-state index in [-0.39, 0.29) is 0 Å². The lowest BCUT2D eigenvalue weighted by atomic mass is 10.2. The van der Waals surface area contributed by atoms with Gasteiger partial charge in [-0.3, -0.25) is 4.90 Å². The molecule has 0 saturated carbocycles. The van der Waals surface area contributed by atoms with Crippen LogP contribution in [0.3, 0.4) is 0 Å². The van der Waals surface area contributed by atoms with E-state index in [0.29, 0.717) is 6.04 Å². The fourth-order valence-electron chi connectivity index (χ4n) is 2.48. The normalized spacial score (nSPS) is 19.8. The van der Waals surface area contributed by atoms with Gasteiger partial charge in [-0.25, -0.2) is 0 Å². The molecule has 4 heteroatoms. The average Bonchev–Trinajstić information content (AvgIpc) is 2.99. The fourth-order valence-corrected chi connectivity index (χ4v) is 4.00. The molecule has 1 aliphatic heterocycles. The van der Waals surface area contributed by atoms with E-state index in [1.165, 1.54) is 54.7 Å². The first kappa shape index (κ1) is 14.5. The van der Waals surface area contributed by atoms with Crippen LogP contribution in [0, 0.1) is 0 Å². The summed E-state index contributed by atoms with van der Waals surface area (Å²) in [7, 11) is 0. The van der Waals surface area contributed by atoms with E-state index in [4.69, 9.17) is 0 Å². The molecule has 1 aliphatic rings. The minimum atomic E-state index is 0.709. The van der Waals surface area contributed by atoms with Gasteiger partial charge < -0.3 is 5.32 Å². The van der Waals surface area contributed by atoms with Crippen LogP contribution in [-0.2, 0) is 6.54 Å². The number of hydrogen-bond acceptors (Lipinski definition) is 3. The molecule has 0 bridgehead atoms. The standard InChI is InChI=1S/C14H23BrN2S/c1-2-3-8-17(10-12-5-4-7-16-12)11-14-13(15)6-9-18-14/h6,9,12,16H,2-5,7-8,10-11H2,1H3. The average molecular weight is 331 g/mol. The summed E-state index contributed by atoms with van der Waals surface area (Å²) in [5.41, 5.74) is 0. The minimum Gasteiger partial charge on any atom is -0.313 e. The van der Waals surface area contributed by atoms with Crippen LogP contribution in [-0.4, -0.2) is 30.6 Å². The molecule has 0 aromatic carbocycles. The number of unbranched alkanes of at least 4 members (excludes halogenated alkanes) is 1. The van der Waals surface area contributed by atoms with Crippen molar-refractivity contribution in [1.29, 1.82) is 0 Å². The van der Waals surface area contributed by atoms with E-state index in [2.05, 4.69) is 44.5 Å². The molecule has 102 valence electrons. The maximum absolute atomic E-state index is 3.64. The fraction of sp³-hybridized carbons (Fsp3) is 0.714. The topological polar surface area (TPSA) is 15.3 Å². The van der Waals surface area contributed by atoms with Gasteiger partial charge in [0.25, 0.3) is 0 Å². The molecule has 1 atom stereocenters. The van der Waals surface area contributed by atoms with Gasteiger partial charge in [0.1, 0.15) is 0 Å². The van der Waals surface area contributed by atoms with Crippen molar-refractivity contribution in [2.75, 3.05) is 19.6 Å². The molecule has 1 fully saturated rings. The SMILES string of the molecule is CCCCN(Cc1sccc1Br)CC1CCCN1. The molecule has 1 unspecified atom stereocenters. The summed E-state index contributed by atoms with van der Waals surface area (Å²) in [6.45, 7) is 6.99. The first-order chi connectivity index (χ1) is 8.79. The highest BCUT2D eigenvalue weighted by Gasteiger charge is 2.18. The summed E-state index contributed by atoms with van der Waals surface area (Å²) < 4.78 is 1.27. The lowest BCUT2D eigenvalue weighted by Crippen LogP contribution is -2.37. The van der Waals surface area contributed by atoms with Crippen LogP contribution in [0.1, 0.15) is 37.5 Å². The molecule has 1 N–H and O–H groups in total. The maximum atomic E-state index is 3.64. The Hall–Kier alpha value is 0.1000. The zero-order chi connectivity index (χ0) is 12.8. The quantitative estimate of drug-likeness (QED) is 0.816. The van der Waals surface area contributed by atoms with E-state index < -0.39 is 0 Å². The third-order valence-electron chi connectivity index (χ3n) is 3.53. The third kappa shape index (κ3) is 4.34. The van der Waals surface area contributed by atoms with Crippen LogP contribution in [0.25, 0.3) is 0 Å². The van der Waals surface area contributed by atoms with Crippen molar-refractivity contribution in [2.45, 2.75) is 45.2 Å². The second-order valence-corrected chi connectivity index (χ2v) is 6.93. The summed E-state index contributed by atoms with van der Waals surface area (Å²) >= 11 is 5.50. The summed E-state index contributed by atoms with van der Waals surface area (Å²) in [5, 5.41) is 5.78. The molecule has 0 aliphatic carbocycles. The van der Waals surface area contributed by atoms with Crippen molar-refractivity contribution in [1.82, 2.24) is 10.2 Å². The van der Waals surface area contributed by atoms with Gasteiger partial charge in [-0.2, -0.15) is 0 Å². The van der Waals surface area contributed by atoms with Gasteiger partial charge in [-0.1, -0.05) is 13.3 Å². The number of halogens is 1. The molecular formula is C14H23BrN2S. The van der Waals surface area contributed by atoms with Crippen LogP contribution in [0.2, 0.25) is 0 Å². The summed E-state index contributed by atoms with van der Waals surface area (Å²) in [6, 6.07) is 2.87. The van der Waals surface area contributed by atoms with E-state index in [1.54, 1.807) is 0 Å². The maximum Gasteiger partial charge on any atom is 0.0339 e. The highest BCUT2D eigenvalue weighted by Crippen LogP contribution is 2.24. The Morgan fingerprint density at radius 1 is 1.56 bits per heavy atom. The Balaban J connectivity index is 1.89. The summed E-state index contributed by atoms with van der Waals surface area (Å²) in [5.74, 6) is 0. The van der Waals surface area contributed by atoms with Gasteiger partial charge in [0.15, 0.2) is 0 Å². The second-order valence-electron chi connectivity index (χ2n) is 5.07.